The Bertz CT molecular complexity index is 908. The zero-order valence-electron chi connectivity index (χ0n) is 10.5. The fourth-order valence-corrected chi connectivity index (χ4v) is 2.53. The molecule has 92 valence electrons. The molecule has 4 rings (SSSR count). The summed E-state index contributed by atoms with van der Waals surface area (Å²) in [5.74, 6) is 0.829. The first-order valence-corrected chi connectivity index (χ1v) is 6.20. The van der Waals surface area contributed by atoms with Gasteiger partial charge in [-0.2, -0.15) is 0 Å². The van der Waals surface area contributed by atoms with Crippen molar-refractivity contribution in [2.75, 3.05) is 7.11 Å². The van der Waals surface area contributed by atoms with E-state index in [1.165, 1.54) is 5.39 Å². The first-order chi connectivity index (χ1) is 9.35. The van der Waals surface area contributed by atoms with Crippen molar-refractivity contribution in [3.05, 3.63) is 48.5 Å². The average Bonchev–Trinajstić information content (AvgIpc) is 2.81. The Morgan fingerprint density at radius 2 is 1.89 bits per heavy atom. The highest BCUT2D eigenvalue weighted by Crippen LogP contribution is 2.28. The van der Waals surface area contributed by atoms with Gasteiger partial charge < -0.3 is 9.72 Å². The highest BCUT2D eigenvalue weighted by molar-refractivity contribution is 6.09. The van der Waals surface area contributed by atoms with Crippen LogP contribution in [-0.2, 0) is 0 Å². The highest BCUT2D eigenvalue weighted by atomic mass is 16.5. The molecule has 0 amide bonds. The van der Waals surface area contributed by atoms with Crippen LogP contribution in [0.4, 0.5) is 0 Å². The summed E-state index contributed by atoms with van der Waals surface area (Å²) in [7, 11) is 1.67. The molecule has 0 spiro atoms. The van der Waals surface area contributed by atoms with Crippen molar-refractivity contribution in [3.63, 3.8) is 0 Å². The largest absolute Gasteiger partial charge is 0.497 e. The summed E-state index contributed by atoms with van der Waals surface area (Å²) >= 11 is 0. The number of para-hydroxylation sites is 1. The van der Waals surface area contributed by atoms with Crippen LogP contribution in [-0.4, -0.2) is 17.1 Å². The molecule has 0 unspecified atom stereocenters. The third-order valence-electron chi connectivity index (χ3n) is 3.50. The summed E-state index contributed by atoms with van der Waals surface area (Å²) in [5, 5.41) is 3.49. The summed E-state index contributed by atoms with van der Waals surface area (Å²) in [5.41, 5.74) is 2.98. The number of fused-ring (bicyclic) bond motifs is 4. The van der Waals surface area contributed by atoms with Crippen LogP contribution in [0.3, 0.4) is 0 Å². The summed E-state index contributed by atoms with van der Waals surface area (Å²) in [6.07, 6.45) is 0. The number of nitrogens with one attached hydrogen (secondary N) is 1. The third-order valence-corrected chi connectivity index (χ3v) is 3.50. The van der Waals surface area contributed by atoms with Gasteiger partial charge in [-0.3, -0.25) is 0 Å². The van der Waals surface area contributed by atoms with Crippen molar-refractivity contribution in [3.8, 4) is 5.75 Å². The highest BCUT2D eigenvalue weighted by Gasteiger charge is 2.07. The molecule has 2 aromatic carbocycles. The minimum atomic E-state index is 0.829. The Morgan fingerprint density at radius 3 is 2.79 bits per heavy atom. The minimum absolute atomic E-state index is 0.829. The van der Waals surface area contributed by atoms with Gasteiger partial charge in [0.25, 0.3) is 0 Å². The topological polar surface area (TPSA) is 37.9 Å². The number of pyridine rings is 1. The SMILES string of the molecule is COc1ccc2cc3c(nc2c1)[nH]c1ccccc13. The van der Waals surface area contributed by atoms with Crippen molar-refractivity contribution in [2.45, 2.75) is 0 Å². The molecule has 2 heterocycles. The lowest BCUT2D eigenvalue weighted by Gasteiger charge is -2.02. The second-order valence-corrected chi connectivity index (χ2v) is 4.61. The van der Waals surface area contributed by atoms with Crippen molar-refractivity contribution >= 4 is 32.8 Å². The van der Waals surface area contributed by atoms with E-state index in [0.717, 1.165) is 33.2 Å². The predicted molar refractivity (Wildman–Crippen MR) is 77.7 cm³/mol. The lowest BCUT2D eigenvalue weighted by molar-refractivity contribution is 0.415. The summed E-state index contributed by atoms with van der Waals surface area (Å²) in [4.78, 5) is 8.04. The average molecular weight is 248 g/mol. The third kappa shape index (κ3) is 1.48. The summed E-state index contributed by atoms with van der Waals surface area (Å²) < 4.78 is 5.24. The number of hydrogen-bond acceptors (Lipinski definition) is 2. The van der Waals surface area contributed by atoms with Crippen LogP contribution in [0.15, 0.2) is 48.5 Å². The van der Waals surface area contributed by atoms with Gasteiger partial charge in [-0.05, 0) is 24.3 Å². The zero-order valence-corrected chi connectivity index (χ0v) is 10.5. The van der Waals surface area contributed by atoms with Crippen LogP contribution in [0.2, 0.25) is 0 Å². The Hall–Kier alpha value is -2.55. The summed E-state index contributed by atoms with van der Waals surface area (Å²) in [6.45, 7) is 0. The van der Waals surface area contributed by atoms with Crippen molar-refractivity contribution in [1.82, 2.24) is 9.97 Å². The van der Waals surface area contributed by atoms with Gasteiger partial charge in [0, 0.05) is 27.7 Å². The number of nitrogens with zero attached hydrogens (tertiary/aromatic N) is 1. The first kappa shape index (κ1) is 10.4. The van der Waals surface area contributed by atoms with E-state index in [2.05, 4.69) is 28.2 Å². The number of aromatic nitrogens is 2. The number of methoxy groups -OCH3 is 1. The molecular formula is C16H12N2O. The molecular weight excluding hydrogens is 236 g/mol. The summed E-state index contributed by atoms with van der Waals surface area (Å²) in [6, 6.07) is 16.4. The quantitative estimate of drug-likeness (QED) is 0.555. The van der Waals surface area contributed by atoms with Crippen LogP contribution in [0.25, 0.3) is 32.8 Å². The Balaban J connectivity index is 2.15. The van der Waals surface area contributed by atoms with Crippen LogP contribution in [0.1, 0.15) is 0 Å². The van der Waals surface area contributed by atoms with Gasteiger partial charge in [0.1, 0.15) is 11.4 Å². The Kier molecular flexibility index (Phi) is 2.03. The van der Waals surface area contributed by atoms with E-state index < -0.39 is 0 Å². The molecule has 0 bridgehead atoms. The maximum Gasteiger partial charge on any atom is 0.139 e. The normalized spacial score (nSPS) is 11.4. The smallest absolute Gasteiger partial charge is 0.139 e. The minimum Gasteiger partial charge on any atom is -0.497 e. The molecule has 3 nitrogen and oxygen atoms in total. The molecule has 0 atom stereocenters. The fourth-order valence-electron chi connectivity index (χ4n) is 2.53. The molecule has 0 aliphatic rings. The van der Waals surface area contributed by atoms with E-state index in [-0.39, 0.29) is 0 Å². The van der Waals surface area contributed by atoms with Gasteiger partial charge in [0.2, 0.25) is 0 Å². The van der Waals surface area contributed by atoms with Crippen molar-refractivity contribution in [1.29, 1.82) is 0 Å². The van der Waals surface area contributed by atoms with Crippen LogP contribution in [0.5, 0.6) is 5.75 Å². The van der Waals surface area contributed by atoms with E-state index in [1.54, 1.807) is 7.11 Å². The number of ether oxygens (including phenoxy) is 1. The van der Waals surface area contributed by atoms with E-state index in [1.807, 2.05) is 30.3 Å². The maximum absolute atomic E-state index is 5.24. The van der Waals surface area contributed by atoms with Gasteiger partial charge in [-0.1, -0.05) is 18.2 Å². The molecule has 0 saturated carbocycles. The van der Waals surface area contributed by atoms with E-state index in [9.17, 15) is 0 Å². The number of H-pyrrole nitrogens is 1. The molecule has 0 aliphatic heterocycles. The lowest BCUT2D eigenvalue weighted by Crippen LogP contribution is -1.85. The number of aromatic amines is 1. The maximum atomic E-state index is 5.24. The second kappa shape index (κ2) is 3.72. The molecule has 2 aromatic heterocycles. The number of rotatable bonds is 1. The fraction of sp³-hybridized carbons (Fsp3) is 0.0625. The zero-order chi connectivity index (χ0) is 12.8. The van der Waals surface area contributed by atoms with Crippen molar-refractivity contribution < 1.29 is 4.74 Å². The van der Waals surface area contributed by atoms with Crippen LogP contribution in [0, 0.1) is 0 Å². The van der Waals surface area contributed by atoms with Gasteiger partial charge in [-0.15, -0.1) is 0 Å². The molecule has 3 heteroatoms. The van der Waals surface area contributed by atoms with Gasteiger partial charge in [0.15, 0.2) is 0 Å². The number of hydrogen-bond donors (Lipinski definition) is 1. The van der Waals surface area contributed by atoms with Crippen molar-refractivity contribution in [2.24, 2.45) is 0 Å². The predicted octanol–water partition coefficient (Wildman–Crippen LogP) is 3.88. The first-order valence-electron chi connectivity index (χ1n) is 6.20. The van der Waals surface area contributed by atoms with E-state index in [4.69, 9.17) is 4.74 Å². The monoisotopic (exact) mass is 248 g/mol. The molecule has 0 fully saturated rings. The second-order valence-electron chi connectivity index (χ2n) is 4.61. The van der Waals surface area contributed by atoms with Crippen LogP contribution >= 0.6 is 0 Å². The molecule has 0 saturated heterocycles. The van der Waals surface area contributed by atoms with Gasteiger partial charge in [-0.25, -0.2) is 4.98 Å². The molecule has 19 heavy (non-hydrogen) atoms. The number of benzene rings is 2. The lowest BCUT2D eigenvalue weighted by atomic mass is 10.1. The standard InChI is InChI=1S/C16H12N2O/c1-19-11-7-6-10-8-13-12-4-2-3-5-14(12)17-16(13)18-15(10)9-11/h2-9H,1H3,(H,17,18). The Labute approximate surface area is 109 Å². The molecule has 1 N–H and O–H groups in total. The molecule has 0 aliphatic carbocycles. The molecule has 4 aromatic rings. The van der Waals surface area contributed by atoms with E-state index >= 15 is 0 Å². The Morgan fingerprint density at radius 1 is 1.00 bits per heavy atom. The van der Waals surface area contributed by atoms with Gasteiger partial charge in [0.05, 0.1) is 12.6 Å². The van der Waals surface area contributed by atoms with Crippen LogP contribution < -0.4 is 4.74 Å². The molecule has 0 radical (unpaired) electrons. The van der Waals surface area contributed by atoms with Gasteiger partial charge >= 0.3 is 0 Å². The van der Waals surface area contributed by atoms with E-state index in [0.29, 0.717) is 0 Å².